The Morgan fingerprint density at radius 2 is 1.52 bits per heavy atom. The van der Waals surface area contributed by atoms with E-state index in [1.54, 1.807) is 54.6 Å². The summed E-state index contributed by atoms with van der Waals surface area (Å²) in [5.74, 6) is -1.54. The van der Waals surface area contributed by atoms with E-state index in [1.807, 2.05) is 6.07 Å². The first kappa shape index (κ1) is 24.6. The van der Waals surface area contributed by atoms with E-state index in [0.29, 0.717) is 5.56 Å². The number of nitrogens with one attached hydrogen (secondary N) is 1. The zero-order valence-electron chi connectivity index (χ0n) is 15.9. The van der Waals surface area contributed by atoms with Gasteiger partial charge in [-0.25, -0.2) is 14.4 Å². The van der Waals surface area contributed by atoms with Crippen molar-refractivity contribution in [2.45, 2.75) is 22.5 Å². The number of carbonyl (C=O) groups is 3. The van der Waals surface area contributed by atoms with Crippen molar-refractivity contribution >= 4 is 53.0 Å². The number of alkyl carbamates (subject to hydrolysis) is 1. The van der Waals surface area contributed by atoms with E-state index in [4.69, 9.17) is 44.3 Å². The van der Waals surface area contributed by atoms with Crippen molar-refractivity contribution in [1.29, 1.82) is 0 Å². The van der Waals surface area contributed by atoms with E-state index in [9.17, 15) is 19.5 Å². The van der Waals surface area contributed by atoms with Crippen molar-refractivity contribution in [2.75, 3.05) is 6.61 Å². The molecule has 2 N–H and O–H groups in total. The monoisotopic (exact) mass is 489 g/mol. The van der Waals surface area contributed by atoms with Gasteiger partial charge in [-0.3, -0.25) is 0 Å². The molecule has 2 rings (SSSR count). The molecule has 2 aromatic rings. The van der Waals surface area contributed by atoms with Gasteiger partial charge in [0.1, 0.15) is 19.3 Å². The first-order chi connectivity index (χ1) is 14.7. The first-order valence-electron chi connectivity index (χ1n) is 8.81. The highest BCUT2D eigenvalue weighted by atomic mass is 35.6. The van der Waals surface area contributed by atoms with Crippen molar-refractivity contribution in [3.63, 3.8) is 0 Å². The number of aliphatic carboxylic acids is 1. The summed E-state index contributed by atoms with van der Waals surface area (Å²) in [5.41, 5.74) is 1.08. The van der Waals surface area contributed by atoms with Crippen LogP contribution in [0.15, 0.2) is 60.7 Å². The van der Waals surface area contributed by atoms with Gasteiger partial charge in [0.05, 0.1) is 0 Å². The lowest BCUT2D eigenvalue weighted by atomic mass is 10.0. The smallest absolute Gasteiger partial charge is 0.478 e. The molecule has 1 amide bonds. The molecule has 0 aromatic heterocycles. The lowest BCUT2D eigenvalue weighted by molar-refractivity contribution is -0.150. The van der Waals surface area contributed by atoms with Crippen LogP contribution in [0.4, 0.5) is 9.59 Å². The Morgan fingerprint density at radius 1 is 0.935 bits per heavy atom. The van der Waals surface area contributed by atoms with Crippen LogP contribution in [0.25, 0.3) is 0 Å². The van der Waals surface area contributed by atoms with Crippen LogP contribution in [-0.4, -0.2) is 39.8 Å². The fourth-order valence-electron chi connectivity index (χ4n) is 2.43. The molecule has 2 aromatic carbocycles. The predicted molar refractivity (Wildman–Crippen MR) is 113 cm³/mol. The molecule has 0 aliphatic heterocycles. The third-order valence-corrected chi connectivity index (χ3v) is 4.10. The summed E-state index contributed by atoms with van der Waals surface area (Å²) in [6, 6.07) is 15.6. The summed E-state index contributed by atoms with van der Waals surface area (Å²) in [6.07, 6.45) is -4.16. The minimum atomic E-state index is -1.91. The minimum absolute atomic E-state index is 0.0436. The van der Waals surface area contributed by atoms with E-state index in [-0.39, 0.29) is 6.61 Å². The van der Waals surface area contributed by atoms with Gasteiger partial charge < -0.3 is 24.6 Å². The third-order valence-electron chi connectivity index (χ3n) is 3.77. The fourth-order valence-corrected chi connectivity index (χ4v) is 2.59. The molecule has 0 aliphatic carbocycles. The SMILES string of the molecule is O=C(NC(c1ccccc1)C(OC(=O)OCC(Cl)(Cl)Cl)C(=O)O)OCc1ccccc1. The molecule has 0 spiro atoms. The number of ether oxygens (including phenoxy) is 3. The maximum Gasteiger partial charge on any atom is 0.509 e. The number of rotatable bonds is 8. The molecule has 0 heterocycles. The van der Waals surface area contributed by atoms with Crippen LogP contribution in [0.2, 0.25) is 0 Å². The molecule has 166 valence electrons. The molecule has 2 atom stereocenters. The highest BCUT2D eigenvalue weighted by Crippen LogP contribution is 2.26. The number of alkyl halides is 3. The van der Waals surface area contributed by atoms with Crippen LogP contribution in [-0.2, 0) is 25.6 Å². The van der Waals surface area contributed by atoms with Gasteiger partial charge in [0.2, 0.25) is 9.90 Å². The second-order valence-corrected chi connectivity index (χ2v) is 8.64. The van der Waals surface area contributed by atoms with Gasteiger partial charge >= 0.3 is 18.2 Å². The van der Waals surface area contributed by atoms with Gasteiger partial charge in [-0.2, -0.15) is 0 Å². The molecular formula is C20H18Cl3NO7. The molecule has 11 heteroatoms. The maximum absolute atomic E-state index is 12.3. The number of benzene rings is 2. The fraction of sp³-hybridized carbons (Fsp3) is 0.250. The predicted octanol–water partition coefficient (Wildman–Crippen LogP) is 4.63. The van der Waals surface area contributed by atoms with E-state index in [2.05, 4.69) is 10.1 Å². The quantitative estimate of drug-likeness (QED) is 0.410. The molecular weight excluding hydrogens is 473 g/mol. The van der Waals surface area contributed by atoms with Crippen LogP contribution in [0.1, 0.15) is 17.2 Å². The van der Waals surface area contributed by atoms with Crippen LogP contribution in [0.3, 0.4) is 0 Å². The Morgan fingerprint density at radius 3 is 2.06 bits per heavy atom. The largest absolute Gasteiger partial charge is 0.509 e. The van der Waals surface area contributed by atoms with Crippen LogP contribution in [0.5, 0.6) is 0 Å². The van der Waals surface area contributed by atoms with E-state index < -0.39 is 40.8 Å². The molecule has 31 heavy (non-hydrogen) atoms. The molecule has 0 bridgehead atoms. The van der Waals surface area contributed by atoms with Gasteiger partial charge in [-0.1, -0.05) is 95.5 Å². The Hall–Kier alpha value is -2.68. The van der Waals surface area contributed by atoms with Crippen molar-refractivity contribution in [3.05, 3.63) is 71.8 Å². The summed E-state index contributed by atoms with van der Waals surface area (Å²) < 4.78 is 12.7. The molecule has 0 saturated carbocycles. The van der Waals surface area contributed by atoms with Gasteiger partial charge in [-0.05, 0) is 11.1 Å². The molecule has 0 saturated heterocycles. The second kappa shape index (κ2) is 11.6. The lowest BCUT2D eigenvalue weighted by Gasteiger charge is -2.25. The first-order valence-corrected chi connectivity index (χ1v) is 9.94. The molecule has 8 nitrogen and oxygen atoms in total. The Labute approximate surface area is 192 Å². The number of hydrogen-bond donors (Lipinski definition) is 2. The lowest BCUT2D eigenvalue weighted by Crippen LogP contribution is -2.43. The van der Waals surface area contributed by atoms with Crippen molar-refractivity contribution in [2.24, 2.45) is 0 Å². The van der Waals surface area contributed by atoms with E-state index in [0.717, 1.165) is 5.56 Å². The Balaban J connectivity index is 2.13. The average molecular weight is 491 g/mol. The zero-order chi connectivity index (χ0) is 22.9. The van der Waals surface area contributed by atoms with E-state index >= 15 is 0 Å². The van der Waals surface area contributed by atoms with Gasteiger partial charge in [0.25, 0.3) is 0 Å². The minimum Gasteiger partial charge on any atom is -0.478 e. The van der Waals surface area contributed by atoms with Crippen molar-refractivity contribution in [1.82, 2.24) is 5.32 Å². The van der Waals surface area contributed by atoms with Crippen LogP contribution >= 0.6 is 34.8 Å². The normalized spacial score (nSPS) is 12.9. The summed E-state index contributed by atoms with van der Waals surface area (Å²) in [6.45, 7) is -0.705. The number of hydrogen-bond acceptors (Lipinski definition) is 6. The number of carboxylic acid groups (broad SMARTS) is 1. The summed E-state index contributed by atoms with van der Waals surface area (Å²) in [7, 11) is 0. The summed E-state index contributed by atoms with van der Waals surface area (Å²) >= 11 is 16.5. The Kier molecular flexibility index (Phi) is 9.23. The van der Waals surface area contributed by atoms with Gasteiger partial charge in [0, 0.05) is 0 Å². The topological polar surface area (TPSA) is 111 Å². The molecule has 0 radical (unpaired) electrons. The maximum atomic E-state index is 12.3. The third kappa shape index (κ3) is 8.92. The summed E-state index contributed by atoms with van der Waals surface area (Å²) in [5, 5.41) is 12.0. The van der Waals surface area contributed by atoms with E-state index in [1.165, 1.54) is 0 Å². The van der Waals surface area contributed by atoms with Crippen LogP contribution < -0.4 is 5.32 Å². The molecule has 0 aliphatic rings. The van der Waals surface area contributed by atoms with Crippen molar-refractivity contribution < 1.29 is 33.7 Å². The highest BCUT2D eigenvalue weighted by molar-refractivity contribution is 6.67. The Bertz CT molecular complexity index is 875. The number of halogens is 3. The second-order valence-electron chi connectivity index (χ2n) is 6.12. The number of carbonyl (C=O) groups excluding carboxylic acids is 2. The summed E-state index contributed by atoms with van der Waals surface area (Å²) in [4.78, 5) is 36.0. The molecule has 2 unspecified atom stereocenters. The number of carboxylic acids is 1. The van der Waals surface area contributed by atoms with Crippen molar-refractivity contribution in [3.8, 4) is 0 Å². The average Bonchev–Trinajstić information content (AvgIpc) is 2.74. The molecule has 0 fully saturated rings. The van der Waals surface area contributed by atoms with Gasteiger partial charge in [-0.15, -0.1) is 0 Å². The standard InChI is InChI=1S/C20H18Cl3NO7/c21-20(22,23)12-30-19(28)31-16(17(25)26)15(14-9-5-2-6-10-14)24-18(27)29-11-13-7-3-1-4-8-13/h1-10,15-16H,11-12H2,(H,24,27)(H,25,26). The highest BCUT2D eigenvalue weighted by Gasteiger charge is 2.36. The zero-order valence-corrected chi connectivity index (χ0v) is 18.1. The number of amides is 1. The van der Waals surface area contributed by atoms with Gasteiger partial charge in [0.15, 0.2) is 0 Å². The van der Waals surface area contributed by atoms with Crippen LogP contribution in [0, 0.1) is 0 Å².